The maximum Gasteiger partial charge on any atom is 0.184 e. The van der Waals surface area contributed by atoms with Gasteiger partial charge in [-0.3, -0.25) is 14.4 Å². The number of hydrogen-bond donors (Lipinski definition) is 3. The molecule has 2 aliphatic carbocycles. The Hall–Kier alpha value is -3.45. The number of carbonyl (C=O) groups is 3. The molecule has 4 rings (SSSR count). The van der Waals surface area contributed by atoms with Crippen LogP contribution < -0.4 is 0 Å². The molecule has 1 aromatic rings. The quantitative estimate of drug-likeness (QED) is 0.101. The molecule has 1 saturated carbocycles. The fourth-order valence-electron chi connectivity index (χ4n) is 7.80. The third-order valence-electron chi connectivity index (χ3n) is 10.7. The van der Waals surface area contributed by atoms with Gasteiger partial charge in [0.05, 0.1) is 11.0 Å². The van der Waals surface area contributed by atoms with Gasteiger partial charge in [0.1, 0.15) is 11.9 Å². The Morgan fingerprint density at radius 1 is 1.11 bits per heavy atom. The number of Topliss-reactive ketones (excluding diaryl/α,β-unsaturated/α-hetero) is 3. The van der Waals surface area contributed by atoms with Crippen LogP contribution in [0.4, 0.5) is 0 Å². The normalized spacial score (nSPS) is 27.8. The summed E-state index contributed by atoms with van der Waals surface area (Å²) in [5.74, 6) is -2.66. The topological polar surface area (TPSA) is 121 Å². The molecule has 0 aromatic heterocycles. The molecule has 1 heterocycles. The molecule has 1 aliphatic heterocycles. The van der Waals surface area contributed by atoms with Crippen molar-refractivity contribution >= 4 is 17.3 Å². The van der Waals surface area contributed by atoms with Crippen LogP contribution in [0.3, 0.4) is 0 Å². The Balaban J connectivity index is 2.04. The fraction of sp³-hybridized carbons (Fsp3) is 0.553. The molecule has 3 aliphatic rings. The molecule has 244 valence electrons. The van der Waals surface area contributed by atoms with E-state index in [9.17, 15) is 20.1 Å². The molecule has 7 heteroatoms. The van der Waals surface area contributed by atoms with Gasteiger partial charge in [-0.2, -0.15) is 0 Å². The van der Waals surface area contributed by atoms with E-state index >= 15 is 9.59 Å². The van der Waals surface area contributed by atoms with Crippen molar-refractivity contribution in [2.75, 3.05) is 0 Å². The van der Waals surface area contributed by atoms with Gasteiger partial charge in [-0.15, -0.1) is 6.58 Å². The predicted octanol–water partition coefficient (Wildman–Crippen LogP) is 7.56. The molecule has 7 nitrogen and oxygen atoms in total. The number of phenols is 2. The zero-order valence-corrected chi connectivity index (χ0v) is 28.2. The summed E-state index contributed by atoms with van der Waals surface area (Å²) in [7, 11) is 0. The van der Waals surface area contributed by atoms with E-state index in [1.165, 1.54) is 12.1 Å². The highest BCUT2D eigenvalue weighted by molar-refractivity contribution is 6.36. The van der Waals surface area contributed by atoms with Gasteiger partial charge < -0.3 is 20.1 Å². The summed E-state index contributed by atoms with van der Waals surface area (Å²) in [5.41, 5.74) is -2.63. The number of benzene rings is 1. The van der Waals surface area contributed by atoms with Gasteiger partial charge in [-0.25, -0.2) is 0 Å². The van der Waals surface area contributed by atoms with E-state index in [0.717, 1.165) is 35.6 Å². The van der Waals surface area contributed by atoms with Gasteiger partial charge in [0.25, 0.3) is 0 Å². The highest BCUT2D eigenvalue weighted by Crippen LogP contribution is 2.68. The van der Waals surface area contributed by atoms with Crippen molar-refractivity contribution in [2.45, 2.75) is 106 Å². The number of aromatic hydroxyl groups is 2. The van der Waals surface area contributed by atoms with Crippen LogP contribution >= 0.6 is 0 Å². The lowest BCUT2D eigenvalue weighted by Gasteiger charge is -2.59. The molecule has 2 bridgehead atoms. The van der Waals surface area contributed by atoms with Crippen LogP contribution in [0.15, 0.2) is 65.5 Å². The largest absolute Gasteiger partial charge is 0.504 e. The van der Waals surface area contributed by atoms with Crippen LogP contribution in [0.1, 0.15) is 104 Å². The average Bonchev–Trinajstić information content (AvgIpc) is 3.39. The number of aliphatic hydroxyl groups is 1. The van der Waals surface area contributed by atoms with Crippen LogP contribution in [0.5, 0.6) is 11.5 Å². The second-order valence-corrected chi connectivity index (χ2v) is 15.2. The molecular weight excluding hydrogens is 568 g/mol. The molecule has 5 unspecified atom stereocenters. The van der Waals surface area contributed by atoms with Crippen molar-refractivity contribution in [1.82, 2.24) is 0 Å². The Kier molecular flexibility index (Phi) is 8.97. The monoisotopic (exact) mass is 618 g/mol. The molecule has 0 spiro atoms. The Bertz CT molecular complexity index is 1510. The van der Waals surface area contributed by atoms with E-state index in [1.54, 1.807) is 13.8 Å². The van der Waals surface area contributed by atoms with Crippen molar-refractivity contribution < 1.29 is 34.4 Å². The number of carbonyl (C=O) groups excluding carboxylic acids is 3. The van der Waals surface area contributed by atoms with Gasteiger partial charge in [0.15, 0.2) is 34.3 Å². The van der Waals surface area contributed by atoms with Crippen LogP contribution in [-0.4, -0.2) is 44.4 Å². The Labute approximate surface area is 267 Å². The van der Waals surface area contributed by atoms with E-state index in [1.807, 2.05) is 47.6 Å². The SMILES string of the molecule is C=C(C)CCC(CC1CC2(CC=C(C)C)C(=O)C(C(=O)c3ccc(O)c(O)c3)(C(=O)C3=C2OC(C(C)(C)O)C3)C1(C)C)C(=C)C. The number of allylic oxidation sites excluding steroid dienone is 5. The molecule has 0 amide bonds. The summed E-state index contributed by atoms with van der Waals surface area (Å²) in [5, 5.41) is 31.4. The summed E-state index contributed by atoms with van der Waals surface area (Å²) in [6, 6.07) is 3.67. The lowest BCUT2D eigenvalue weighted by Crippen LogP contribution is -2.69. The first-order chi connectivity index (χ1) is 20.7. The molecular formula is C38H50O7. The Morgan fingerprint density at radius 2 is 1.76 bits per heavy atom. The fourth-order valence-corrected chi connectivity index (χ4v) is 7.80. The Morgan fingerprint density at radius 3 is 2.29 bits per heavy atom. The van der Waals surface area contributed by atoms with E-state index in [-0.39, 0.29) is 41.6 Å². The van der Waals surface area contributed by atoms with Gasteiger partial charge in [-0.1, -0.05) is 43.2 Å². The van der Waals surface area contributed by atoms with Crippen LogP contribution in [0.25, 0.3) is 0 Å². The maximum absolute atomic E-state index is 15.3. The van der Waals surface area contributed by atoms with Crippen molar-refractivity contribution in [3.8, 4) is 11.5 Å². The number of ketones is 3. The van der Waals surface area contributed by atoms with Crippen molar-refractivity contribution in [3.63, 3.8) is 0 Å². The van der Waals surface area contributed by atoms with E-state index in [2.05, 4.69) is 13.2 Å². The second-order valence-electron chi connectivity index (χ2n) is 15.2. The van der Waals surface area contributed by atoms with E-state index < -0.39 is 56.8 Å². The predicted molar refractivity (Wildman–Crippen MR) is 175 cm³/mol. The highest BCUT2D eigenvalue weighted by Gasteiger charge is 2.76. The third-order valence-corrected chi connectivity index (χ3v) is 10.7. The summed E-state index contributed by atoms with van der Waals surface area (Å²) < 4.78 is 6.45. The second kappa shape index (κ2) is 11.7. The first kappa shape index (κ1) is 34.4. The standard InChI is InChI=1S/C38H50O7/c1-21(2)11-12-24(23(5)6)17-26-20-37(16-15-22(3)4)33-27(19-30(45-33)36(9,10)44)32(42)38(34(37)43,35(26,7)8)31(41)25-13-14-28(39)29(40)18-25/h13-15,18,24,26,30,39-40,44H,1,5,11-12,16-17,19-20H2,2-4,6-10H3. The van der Waals surface area contributed by atoms with Crippen molar-refractivity contribution in [2.24, 2.45) is 28.1 Å². The summed E-state index contributed by atoms with van der Waals surface area (Å²) in [6.45, 7) is 23.1. The smallest absolute Gasteiger partial charge is 0.184 e. The van der Waals surface area contributed by atoms with Crippen LogP contribution in [-0.2, 0) is 14.3 Å². The molecule has 0 radical (unpaired) electrons. The molecule has 1 fully saturated rings. The van der Waals surface area contributed by atoms with E-state index in [0.29, 0.717) is 12.8 Å². The zero-order valence-electron chi connectivity index (χ0n) is 28.2. The van der Waals surface area contributed by atoms with Crippen molar-refractivity contribution in [1.29, 1.82) is 0 Å². The van der Waals surface area contributed by atoms with Gasteiger partial charge in [0, 0.05) is 17.6 Å². The summed E-state index contributed by atoms with van der Waals surface area (Å²) >= 11 is 0. The minimum absolute atomic E-state index is 0.0300. The number of ether oxygens (including phenoxy) is 1. The maximum atomic E-state index is 15.3. The number of rotatable bonds is 11. The molecule has 1 aromatic carbocycles. The first-order valence-electron chi connectivity index (χ1n) is 15.9. The minimum Gasteiger partial charge on any atom is -0.504 e. The molecule has 0 saturated heterocycles. The zero-order chi connectivity index (χ0) is 33.9. The van der Waals surface area contributed by atoms with Gasteiger partial charge in [0.2, 0.25) is 0 Å². The van der Waals surface area contributed by atoms with Crippen LogP contribution in [0.2, 0.25) is 0 Å². The number of fused-ring (bicyclic) bond motifs is 3. The molecule has 45 heavy (non-hydrogen) atoms. The van der Waals surface area contributed by atoms with Crippen LogP contribution in [0, 0.1) is 28.1 Å². The first-order valence-corrected chi connectivity index (χ1v) is 15.9. The lowest BCUT2D eigenvalue weighted by atomic mass is 9.39. The molecule has 5 atom stereocenters. The van der Waals surface area contributed by atoms with E-state index in [4.69, 9.17) is 4.74 Å². The lowest BCUT2D eigenvalue weighted by molar-refractivity contribution is -0.167. The molecule has 3 N–H and O–H groups in total. The minimum atomic E-state index is -2.13. The summed E-state index contributed by atoms with van der Waals surface area (Å²) in [6.07, 6.45) is 4.07. The van der Waals surface area contributed by atoms with Crippen molar-refractivity contribution in [3.05, 3.63) is 71.0 Å². The summed E-state index contributed by atoms with van der Waals surface area (Å²) in [4.78, 5) is 45.4. The third kappa shape index (κ3) is 5.51. The number of phenolic OH excluding ortho intramolecular Hbond substituents is 2. The van der Waals surface area contributed by atoms with Gasteiger partial charge in [-0.05, 0) is 109 Å². The highest BCUT2D eigenvalue weighted by atomic mass is 16.5. The average molecular weight is 619 g/mol. The number of hydrogen-bond acceptors (Lipinski definition) is 7. The van der Waals surface area contributed by atoms with Gasteiger partial charge >= 0.3 is 0 Å².